The molecule has 0 spiro atoms. The molecule has 0 aliphatic rings. The molecule has 3 nitrogen and oxygen atoms in total. The predicted octanol–water partition coefficient (Wildman–Crippen LogP) is 4.66. The molecule has 0 aliphatic carbocycles. The second-order valence-corrected chi connectivity index (χ2v) is 12.4. The van der Waals surface area contributed by atoms with Crippen LogP contribution >= 0.6 is 0 Å². The van der Waals surface area contributed by atoms with Gasteiger partial charge < -0.3 is 4.74 Å². The van der Waals surface area contributed by atoms with Gasteiger partial charge in [0.2, 0.25) is 0 Å². The van der Waals surface area contributed by atoms with Gasteiger partial charge in [0.1, 0.15) is 6.29 Å². The maximum absolute atomic E-state index is 12.5. The van der Waals surface area contributed by atoms with Crippen LogP contribution < -0.4 is 0 Å². The zero-order valence-electron chi connectivity index (χ0n) is 13.8. The minimum absolute atomic E-state index is 0.370. The normalized spacial score (nSPS) is 11.1. The lowest BCUT2D eigenvalue weighted by Gasteiger charge is -2.16. The highest BCUT2D eigenvalue weighted by molar-refractivity contribution is 6.76. The third-order valence-electron chi connectivity index (χ3n) is 3.57. The molecule has 2 aromatic rings. The van der Waals surface area contributed by atoms with E-state index in [2.05, 4.69) is 19.6 Å². The van der Waals surface area contributed by atoms with Crippen LogP contribution in [0.2, 0.25) is 25.7 Å². The lowest BCUT2D eigenvalue weighted by molar-refractivity contribution is 0.0526. The summed E-state index contributed by atoms with van der Waals surface area (Å²) in [4.78, 5) is 23.5. The molecule has 23 heavy (non-hydrogen) atoms. The maximum atomic E-state index is 12.5. The van der Waals surface area contributed by atoms with Gasteiger partial charge in [0, 0.05) is 13.6 Å². The first-order valence-corrected chi connectivity index (χ1v) is 11.4. The van der Waals surface area contributed by atoms with E-state index in [0.717, 1.165) is 23.5 Å². The molecule has 0 saturated carbocycles. The number of carbonyl (C=O) groups excluding carboxylic acids is 2. The molecule has 0 aromatic heterocycles. The summed E-state index contributed by atoms with van der Waals surface area (Å²) >= 11 is 0. The van der Waals surface area contributed by atoms with Gasteiger partial charge in [-0.25, -0.2) is 4.79 Å². The van der Waals surface area contributed by atoms with Crippen LogP contribution in [0.25, 0.3) is 11.1 Å². The van der Waals surface area contributed by atoms with Crippen LogP contribution in [0, 0.1) is 0 Å². The van der Waals surface area contributed by atoms with Gasteiger partial charge in [-0.05, 0) is 23.2 Å². The Kier molecular flexibility index (Phi) is 5.50. The van der Waals surface area contributed by atoms with Crippen LogP contribution in [0.15, 0.2) is 48.5 Å². The second-order valence-electron chi connectivity index (χ2n) is 6.74. The van der Waals surface area contributed by atoms with Gasteiger partial charge in [-0.1, -0.05) is 62.1 Å². The molecule has 0 N–H and O–H groups in total. The van der Waals surface area contributed by atoms with Crippen molar-refractivity contribution in [1.82, 2.24) is 0 Å². The van der Waals surface area contributed by atoms with E-state index in [1.807, 2.05) is 30.3 Å². The third-order valence-corrected chi connectivity index (χ3v) is 5.27. The highest BCUT2D eigenvalue weighted by Gasteiger charge is 2.18. The highest BCUT2D eigenvalue weighted by Crippen LogP contribution is 2.25. The van der Waals surface area contributed by atoms with Crippen LogP contribution in [0.3, 0.4) is 0 Å². The van der Waals surface area contributed by atoms with Gasteiger partial charge in [-0.15, -0.1) is 0 Å². The van der Waals surface area contributed by atoms with Crippen LogP contribution in [-0.2, 0) is 4.74 Å². The summed E-state index contributed by atoms with van der Waals surface area (Å²) < 4.78 is 5.45. The molecule has 2 rings (SSSR count). The van der Waals surface area contributed by atoms with E-state index in [1.54, 1.807) is 18.2 Å². The first kappa shape index (κ1) is 17.2. The topological polar surface area (TPSA) is 43.4 Å². The molecule has 0 fully saturated rings. The summed E-state index contributed by atoms with van der Waals surface area (Å²) in [6.07, 6.45) is 0.744. The average molecular weight is 326 g/mol. The minimum Gasteiger partial charge on any atom is -0.462 e. The molecule has 120 valence electrons. The molecular formula is C19H22O3Si. The number of hydrogen-bond acceptors (Lipinski definition) is 3. The van der Waals surface area contributed by atoms with E-state index < -0.39 is 8.07 Å². The fourth-order valence-corrected chi connectivity index (χ4v) is 2.92. The summed E-state index contributed by atoms with van der Waals surface area (Å²) in [7, 11) is -1.25. The molecule has 0 amide bonds. The van der Waals surface area contributed by atoms with Gasteiger partial charge >= 0.3 is 5.97 Å². The van der Waals surface area contributed by atoms with Crippen LogP contribution in [0.4, 0.5) is 0 Å². The monoisotopic (exact) mass is 326 g/mol. The van der Waals surface area contributed by atoms with Crippen LogP contribution in [-0.4, -0.2) is 26.9 Å². The maximum Gasteiger partial charge on any atom is 0.338 e. The second kappa shape index (κ2) is 7.37. The van der Waals surface area contributed by atoms with Crippen molar-refractivity contribution in [2.24, 2.45) is 0 Å². The Morgan fingerprint density at radius 2 is 1.78 bits per heavy atom. The van der Waals surface area contributed by atoms with Crippen molar-refractivity contribution in [3.05, 3.63) is 59.7 Å². The molecule has 2 aromatic carbocycles. The summed E-state index contributed by atoms with van der Waals surface area (Å²) in [6.45, 7) is 7.14. The van der Waals surface area contributed by atoms with Gasteiger partial charge in [0.25, 0.3) is 0 Å². The molecule has 0 saturated heterocycles. The van der Waals surface area contributed by atoms with Gasteiger partial charge in [0.15, 0.2) is 0 Å². The van der Waals surface area contributed by atoms with E-state index in [1.165, 1.54) is 0 Å². The molecule has 0 heterocycles. The van der Waals surface area contributed by atoms with Crippen molar-refractivity contribution in [1.29, 1.82) is 0 Å². The van der Waals surface area contributed by atoms with Gasteiger partial charge in [-0.3, -0.25) is 4.79 Å². The Labute approximate surface area is 138 Å². The largest absolute Gasteiger partial charge is 0.462 e. The molecule has 0 radical (unpaired) electrons. The Balaban J connectivity index is 2.28. The first-order chi connectivity index (χ1) is 10.9. The molecule has 0 bridgehead atoms. The SMILES string of the molecule is C[Si](C)(C)CCOC(=O)c1cc(C=O)ccc1-c1ccccc1. The summed E-state index contributed by atoms with van der Waals surface area (Å²) in [5.74, 6) is -0.370. The molecule has 4 heteroatoms. The highest BCUT2D eigenvalue weighted by atomic mass is 28.3. The van der Waals surface area contributed by atoms with Gasteiger partial charge in [0.05, 0.1) is 12.2 Å². The van der Waals surface area contributed by atoms with Gasteiger partial charge in [-0.2, -0.15) is 0 Å². The van der Waals surface area contributed by atoms with Crippen molar-refractivity contribution >= 4 is 20.3 Å². The Hall–Kier alpha value is -2.20. The van der Waals surface area contributed by atoms with E-state index in [9.17, 15) is 9.59 Å². The predicted molar refractivity (Wildman–Crippen MR) is 95.7 cm³/mol. The number of carbonyl (C=O) groups is 2. The van der Waals surface area contributed by atoms with Crippen molar-refractivity contribution in [3.63, 3.8) is 0 Å². The van der Waals surface area contributed by atoms with Crippen molar-refractivity contribution < 1.29 is 14.3 Å². The van der Waals surface area contributed by atoms with E-state index >= 15 is 0 Å². The quantitative estimate of drug-likeness (QED) is 0.440. The average Bonchev–Trinajstić information content (AvgIpc) is 2.53. The van der Waals surface area contributed by atoms with E-state index in [0.29, 0.717) is 17.7 Å². The van der Waals surface area contributed by atoms with E-state index in [-0.39, 0.29) is 5.97 Å². The summed E-state index contributed by atoms with van der Waals surface area (Å²) in [5, 5.41) is 0. The van der Waals surface area contributed by atoms with Crippen molar-refractivity contribution in [3.8, 4) is 11.1 Å². The number of aldehydes is 1. The van der Waals surface area contributed by atoms with E-state index in [4.69, 9.17) is 4.74 Å². The zero-order valence-corrected chi connectivity index (χ0v) is 14.8. The molecule has 0 aliphatic heterocycles. The third kappa shape index (κ3) is 4.89. The Bertz CT molecular complexity index is 688. The number of ether oxygens (including phenoxy) is 1. The smallest absolute Gasteiger partial charge is 0.338 e. The summed E-state index contributed by atoms with van der Waals surface area (Å²) in [5.41, 5.74) is 2.63. The standard InChI is InChI=1S/C19H22O3Si/c1-23(2,3)12-11-22-19(21)18-13-15(14-20)9-10-17(18)16-7-5-4-6-8-16/h4-10,13-14H,11-12H2,1-3H3. The minimum atomic E-state index is -1.25. The summed E-state index contributed by atoms with van der Waals surface area (Å²) in [6, 6.07) is 15.7. The molecular weight excluding hydrogens is 304 g/mol. The van der Waals surface area contributed by atoms with Crippen molar-refractivity contribution in [2.75, 3.05) is 6.61 Å². The number of hydrogen-bond donors (Lipinski definition) is 0. The Morgan fingerprint density at radius 3 is 2.39 bits per heavy atom. The lowest BCUT2D eigenvalue weighted by atomic mass is 9.98. The molecule has 0 atom stereocenters. The number of benzene rings is 2. The van der Waals surface area contributed by atoms with Crippen LogP contribution in [0.1, 0.15) is 20.7 Å². The number of esters is 1. The molecule has 0 unspecified atom stereocenters. The van der Waals surface area contributed by atoms with Crippen molar-refractivity contribution in [2.45, 2.75) is 25.7 Å². The fraction of sp³-hybridized carbons (Fsp3) is 0.263. The Morgan fingerprint density at radius 1 is 1.09 bits per heavy atom. The number of rotatable bonds is 6. The van der Waals surface area contributed by atoms with Crippen LogP contribution in [0.5, 0.6) is 0 Å². The fourth-order valence-electron chi connectivity index (χ4n) is 2.20. The zero-order chi connectivity index (χ0) is 16.9. The first-order valence-electron chi connectivity index (χ1n) is 7.72. The lowest BCUT2D eigenvalue weighted by Crippen LogP contribution is -2.22.